The van der Waals surface area contributed by atoms with Gasteiger partial charge in [0.25, 0.3) is 11.8 Å². The van der Waals surface area contributed by atoms with Crippen LogP contribution in [0.25, 0.3) is 0 Å². The minimum absolute atomic E-state index is 0.0209. The molecule has 0 spiro atoms. The van der Waals surface area contributed by atoms with E-state index in [4.69, 9.17) is 37.4 Å². The van der Waals surface area contributed by atoms with Gasteiger partial charge in [-0.1, -0.05) is 35.3 Å². The van der Waals surface area contributed by atoms with Gasteiger partial charge in [0.1, 0.15) is 40.7 Å². The molecule has 0 radical (unpaired) electrons. The van der Waals surface area contributed by atoms with Gasteiger partial charge >= 0.3 is 12.4 Å². The monoisotopic (exact) mass is 817 g/mol. The topological polar surface area (TPSA) is 91.8 Å². The third-order valence-corrected chi connectivity index (χ3v) is 8.37. The Labute approximate surface area is 324 Å². The molecule has 17 heteroatoms. The van der Waals surface area contributed by atoms with Crippen LogP contribution in [-0.2, 0) is 12.4 Å². The number of alkyl halides is 6. The minimum Gasteiger partial charge on any atom is -0.507 e. The Morgan fingerprint density at radius 3 is 1.45 bits per heavy atom. The highest BCUT2D eigenvalue weighted by atomic mass is 35.5. The maximum absolute atomic E-state index is 13.2. The number of halogens is 8. The van der Waals surface area contributed by atoms with Crippen molar-refractivity contribution in [3.8, 4) is 23.0 Å². The van der Waals surface area contributed by atoms with Gasteiger partial charge in [-0.3, -0.25) is 9.59 Å². The van der Waals surface area contributed by atoms with Crippen molar-refractivity contribution in [2.24, 2.45) is 0 Å². The molecular weight excluding hydrogens is 779 g/mol. The fraction of sp³-hybridized carbons (Fsp3) is 0.316. The number of phenolic OH excluding ortho intramolecular Hbond substituents is 1. The molecular formula is C38H39Cl2F6N3O6. The third-order valence-electron chi connectivity index (χ3n) is 7.71. The van der Waals surface area contributed by atoms with Crippen LogP contribution in [0.5, 0.6) is 23.0 Å². The second-order valence-corrected chi connectivity index (χ2v) is 12.7. The molecule has 0 aliphatic rings. The number of hydrogen-bond acceptors (Lipinski definition) is 7. The summed E-state index contributed by atoms with van der Waals surface area (Å²) in [6.07, 6.45) is -9.29. The molecule has 9 nitrogen and oxygen atoms in total. The lowest BCUT2D eigenvalue weighted by molar-refractivity contribution is -0.138. The van der Waals surface area contributed by atoms with Gasteiger partial charge in [-0.25, -0.2) is 0 Å². The van der Waals surface area contributed by atoms with E-state index >= 15 is 0 Å². The average molecular weight is 819 g/mol. The predicted molar refractivity (Wildman–Crippen MR) is 199 cm³/mol. The van der Waals surface area contributed by atoms with Gasteiger partial charge < -0.3 is 34.0 Å². The largest absolute Gasteiger partial charge is 0.507 e. The number of rotatable bonds is 12. The summed E-state index contributed by atoms with van der Waals surface area (Å²) in [5, 5.41) is 9.08. The number of benzene rings is 4. The highest BCUT2D eigenvalue weighted by molar-refractivity contribution is 6.32. The number of amides is 2. The van der Waals surface area contributed by atoms with Gasteiger partial charge in [0, 0.05) is 32.0 Å². The molecule has 0 saturated carbocycles. The van der Waals surface area contributed by atoms with Gasteiger partial charge in [-0.05, 0) is 88.6 Å². The fourth-order valence-electron chi connectivity index (χ4n) is 4.91. The number of hydrogen-bond donors (Lipinski definition) is 1. The number of carbonyl (C=O) groups is 2. The number of phenols is 1. The predicted octanol–water partition coefficient (Wildman–Crippen LogP) is 9.71. The van der Waals surface area contributed by atoms with Gasteiger partial charge in [0.15, 0.2) is 0 Å². The van der Waals surface area contributed by atoms with E-state index < -0.39 is 45.3 Å². The van der Waals surface area contributed by atoms with Crippen molar-refractivity contribution >= 4 is 46.4 Å². The van der Waals surface area contributed by atoms with Crippen LogP contribution in [0.2, 0.25) is 10.0 Å². The molecule has 0 saturated heterocycles. The van der Waals surface area contributed by atoms with E-state index in [0.29, 0.717) is 31.3 Å². The van der Waals surface area contributed by atoms with Gasteiger partial charge in [-0.2, -0.15) is 26.3 Å². The van der Waals surface area contributed by atoms with Crippen molar-refractivity contribution in [3.05, 3.63) is 105 Å². The summed E-state index contributed by atoms with van der Waals surface area (Å²) in [7, 11) is 6.46. The Morgan fingerprint density at radius 2 is 1.04 bits per heavy atom. The van der Waals surface area contributed by atoms with E-state index in [1.807, 2.05) is 19.0 Å². The molecule has 4 rings (SSSR count). The van der Waals surface area contributed by atoms with Crippen LogP contribution < -0.4 is 24.0 Å². The molecule has 0 aliphatic heterocycles. The first-order valence-corrected chi connectivity index (χ1v) is 17.3. The molecule has 0 aromatic heterocycles. The first kappa shape index (κ1) is 44.5. The molecule has 4 aromatic carbocycles. The normalized spacial score (nSPS) is 11.4. The SMILES string of the molecule is CCOc1cccc(O)c1C(=O)N(C)c1ccc(Cl)c(C(F)(F)F)c1.CCOc1cccc(OCCN(C)C)c1C(=O)N(C)c1ccc(Cl)c(C(F)(F)F)c1. The van der Waals surface area contributed by atoms with Crippen LogP contribution in [0.15, 0.2) is 72.8 Å². The zero-order valence-corrected chi connectivity index (χ0v) is 32.1. The van der Waals surface area contributed by atoms with Crippen LogP contribution in [0.3, 0.4) is 0 Å². The Hall–Kier alpha value is -4.86. The van der Waals surface area contributed by atoms with Crippen molar-refractivity contribution in [3.63, 3.8) is 0 Å². The summed E-state index contributed by atoms with van der Waals surface area (Å²) >= 11 is 11.3. The maximum atomic E-state index is 13.2. The smallest absolute Gasteiger partial charge is 0.417 e. The van der Waals surface area contributed by atoms with Crippen LogP contribution >= 0.6 is 23.2 Å². The summed E-state index contributed by atoms with van der Waals surface area (Å²) in [6.45, 7) is 4.99. The Kier molecular flexibility index (Phi) is 15.5. The van der Waals surface area contributed by atoms with E-state index in [0.717, 1.165) is 34.1 Å². The molecule has 0 aliphatic carbocycles. The van der Waals surface area contributed by atoms with Gasteiger partial charge in [0.05, 0.1) is 34.4 Å². The first-order chi connectivity index (χ1) is 25.7. The molecule has 0 heterocycles. The van der Waals surface area contributed by atoms with Crippen LogP contribution in [0.4, 0.5) is 37.7 Å². The zero-order chi connectivity index (χ0) is 41.2. The minimum atomic E-state index is -4.65. The zero-order valence-electron chi connectivity index (χ0n) is 30.6. The van der Waals surface area contributed by atoms with Crippen LogP contribution in [0, 0.1) is 0 Å². The molecule has 0 bridgehead atoms. The molecule has 4 aromatic rings. The number of carbonyl (C=O) groups excluding carboxylic acids is 2. The van der Waals surface area contributed by atoms with E-state index in [2.05, 4.69) is 0 Å². The van der Waals surface area contributed by atoms with Crippen molar-refractivity contribution in [2.45, 2.75) is 26.2 Å². The number of likely N-dealkylation sites (N-methyl/N-ethyl adjacent to an activating group) is 1. The lowest BCUT2D eigenvalue weighted by Crippen LogP contribution is -2.28. The number of aromatic hydroxyl groups is 1. The molecule has 0 unspecified atom stereocenters. The summed E-state index contributed by atoms with van der Waals surface area (Å²) in [4.78, 5) is 30.0. The molecule has 0 atom stereocenters. The molecule has 55 heavy (non-hydrogen) atoms. The van der Waals surface area contributed by atoms with Gasteiger partial charge in [0.2, 0.25) is 0 Å². The van der Waals surface area contributed by atoms with Crippen molar-refractivity contribution < 1.29 is 55.2 Å². The Bertz CT molecular complexity index is 1960. The lowest BCUT2D eigenvalue weighted by Gasteiger charge is -2.23. The fourth-order valence-corrected chi connectivity index (χ4v) is 5.36. The summed E-state index contributed by atoms with van der Waals surface area (Å²) in [5.74, 6) is -0.866. The lowest BCUT2D eigenvalue weighted by atomic mass is 10.1. The highest BCUT2D eigenvalue weighted by Crippen LogP contribution is 2.39. The quantitative estimate of drug-likeness (QED) is 0.142. The molecule has 2 amide bonds. The number of ether oxygens (including phenoxy) is 3. The second kappa shape index (κ2) is 19.1. The Balaban J connectivity index is 0.000000300. The molecule has 1 N–H and O–H groups in total. The van der Waals surface area contributed by atoms with Gasteiger partial charge in [-0.15, -0.1) is 0 Å². The van der Waals surface area contributed by atoms with Crippen molar-refractivity contribution in [2.75, 3.05) is 64.4 Å². The number of anilines is 2. The molecule has 0 fully saturated rings. The van der Waals surface area contributed by atoms with E-state index in [1.165, 1.54) is 44.4 Å². The van der Waals surface area contributed by atoms with Crippen molar-refractivity contribution in [1.29, 1.82) is 0 Å². The standard InChI is InChI=1S/C21H24ClF3N2O3.C17H15ClF3NO3/c1-5-29-17-7-6-8-18(30-12-11-26(2)3)19(17)20(28)27(4)14-9-10-16(22)15(13-14)21(23,24)25;1-3-25-14-6-4-5-13(23)15(14)16(24)22(2)10-7-8-12(18)11(9-10)17(19,20)21/h6-10,13H,5,11-12H2,1-4H3;4-9,23H,3H2,1-2H3. The van der Waals surface area contributed by atoms with Crippen LogP contribution in [-0.4, -0.2) is 76.4 Å². The van der Waals surface area contributed by atoms with E-state index in [-0.39, 0.29) is 40.6 Å². The first-order valence-electron chi connectivity index (χ1n) is 16.5. The third kappa shape index (κ3) is 11.6. The number of nitrogens with zero attached hydrogens (tertiary/aromatic N) is 3. The summed E-state index contributed by atoms with van der Waals surface area (Å²) in [6, 6.07) is 15.7. The average Bonchev–Trinajstić information content (AvgIpc) is 3.10. The maximum Gasteiger partial charge on any atom is 0.417 e. The van der Waals surface area contributed by atoms with Crippen molar-refractivity contribution in [1.82, 2.24) is 4.90 Å². The summed E-state index contributed by atoms with van der Waals surface area (Å²) < 4.78 is 95.3. The molecule has 298 valence electrons. The van der Waals surface area contributed by atoms with Crippen LogP contribution in [0.1, 0.15) is 45.7 Å². The second-order valence-electron chi connectivity index (χ2n) is 11.8. The van der Waals surface area contributed by atoms with E-state index in [1.54, 1.807) is 32.0 Å². The summed E-state index contributed by atoms with van der Waals surface area (Å²) in [5.41, 5.74) is -2.02. The highest BCUT2D eigenvalue weighted by Gasteiger charge is 2.35. The Morgan fingerprint density at radius 1 is 0.636 bits per heavy atom. The van der Waals surface area contributed by atoms with E-state index in [9.17, 15) is 41.0 Å².